The molecule has 1 aliphatic rings. The predicted molar refractivity (Wildman–Crippen MR) is 74.1 cm³/mol. The maximum absolute atomic E-state index is 6.16. The number of benzene rings is 1. The fourth-order valence-corrected chi connectivity index (χ4v) is 2.40. The number of hydrogen-bond donors (Lipinski definition) is 0. The summed E-state index contributed by atoms with van der Waals surface area (Å²) in [5.74, 6) is 2.05. The van der Waals surface area contributed by atoms with E-state index in [0.29, 0.717) is 35.7 Å². The first-order chi connectivity index (χ1) is 9.78. The van der Waals surface area contributed by atoms with E-state index in [1.54, 1.807) is 6.07 Å². The van der Waals surface area contributed by atoms with Gasteiger partial charge in [0.25, 0.3) is 5.89 Å². The van der Waals surface area contributed by atoms with Crippen LogP contribution in [-0.2, 0) is 4.74 Å². The van der Waals surface area contributed by atoms with E-state index in [1.807, 2.05) is 19.1 Å². The van der Waals surface area contributed by atoms with Gasteiger partial charge in [-0.2, -0.15) is 4.98 Å². The molecule has 1 fully saturated rings. The standard InChI is InChI=1S/C14H15ClN2O3/c1-2-19-12-4-3-9(7-11(12)15)14-16-13(17-20-14)10-5-6-18-8-10/h3-4,7,10H,2,5-6,8H2,1H3/t10-/m0/s1. The topological polar surface area (TPSA) is 57.4 Å². The Kier molecular flexibility index (Phi) is 3.89. The van der Waals surface area contributed by atoms with Crippen molar-refractivity contribution in [2.75, 3.05) is 19.8 Å². The molecular formula is C14H15ClN2O3. The van der Waals surface area contributed by atoms with Gasteiger partial charge in [-0.3, -0.25) is 0 Å². The quantitative estimate of drug-likeness (QED) is 0.866. The molecule has 20 heavy (non-hydrogen) atoms. The fourth-order valence-electron chi connectivity index (χ4n) is 2.16. The largest absolute Gasteiger partial charge is 0.492 e. The maximum atomic E-state index is 6.16. The van der Waals surface area contributed by atoms with Crippen LogP contribution in [0.4, 0.5) is 0 Å². The molecule has 6 heteroatoms. The average molecular weight is 295 g/mol. The Bertz CT molecular complexity index is 594. The molecule has 0 bridgehead atoms. The van der Waals surface area contributed by atoms with Gasteiger partial charge >= 0.3 is 0 Å². The van der Waals surface area contributed by atoms with Gasteiger partial charge in [-0.1, -0.05) is 16.8 Å². The first-order valence-electron chi connectivity index (χ1n) is 6.62. The summed E-state index contributed by atoms with van der Waals surface area (Å²) in [5, 5.41) is 4.56. The highest BCUT2D eigenvalue weighted by Crippen LogP contribution is 2.31. The van der Waals surface area contributed by atoms with Crippen LogP contribution in [0.3, 0.4) is 0 Å². The Labute approximate surface area is 121 Å². The molecule has 1 atom stereocenters. The Morgan fingerprint density at radius 1 is 1.45 bits per heavy atom. The molecule has 1 aromatic heterocycles. The molecule has 1 saturated heterocycles. The molecule has 0 unspecified atom stereocenters. The lowest BCUT2D eigenvalue weighted by Crippen LogP contribution is -1.99. The van der Waals surface area contributed by atoms with E-state index in [-0.39, 0.29) is 5.92 Å². The molecule has 2 heterocycles. The van der Waals surface area contributed by atoms with Crippen LogP contribution in [0.15, 0.2) is 22.7 Å². The third-order valence-corrected chi connectivity index (χ3v) is 3.51. The van der Waals surface area contributed by atoms with Gasteiger partial charge in [0.2, 0.25) is 0 Å². The molecule has 0 N–H and O–H groups in total. The molecule has 0 radical (unpaired) electrons. The van der Waals surface area contributed by atoms with Gasteiger partial charge in [-0.25, -0.2) is 0 Å². The van der Waals surface area contributed by atoms with E-state index >= 15 is 0 Å². The van der Waals surface area contributed by atoms with Crippen molar-refractivity contribution < 1.29 is 14.0 Å². The van der Waals surface area contributed by atoms with Gasteiger partial charge in [0.05, 0.1) is 18.2 Å². The number of hydrogen-bond acceptors (Lipinski definition) is 5. The second-order valence-electron chi connectivity index (χ2n) is 4.60. The predicted octanol–water partition coefficient (Wildman–Crippen LogP) is 3.29. The van der Waals surface area contributed by atoms with E-state index in [0.717, 1.165) is 18.6 Å². The van der Waals surface area contributed by atoms with Crippen molar-refractivity contribution in [1.29, 1.82) is 0 Å². The van der Waals surface area contributed by atoms with E-state index in [4.69, 9.17) is 25.6 Å². The lowest BCUT2D eigenvalue weighted by atomic mass is 10.1. The summed E-state index contributed by atoms with van der Waals surface area (Å²) in [6.07, 6.45) is 0.934. The number of nitrogens with zero attached hydrogens (tertiary/aromatic N) is 2. The average Bonchev–Trinajstić information content (AvgIpc) is 3.11. The lowest BCUT2D eigenvalue weighted by Gasteiger charge is -2.05. The first-order valence-corrected chi connectivity index (χ1v) is 6.99. The van der Waals surface area contributed by atoms with E-state index in [2.05, 4.69) is 10.1 Å². The second kappa shape index (κ2) is 5.81. The summed E-state index contributed by atoms with van der Waals surface area (Å²) in [5.41, 5.74) is 0.788. The van der Waals surface area contributed by atoms with Crippen molar-refractivity contribution in [3.05, 3.63) is 29.0 Å². The van der Waals surface area contributed by atoms with Crippen LogP contribution in [0.2, 0.25) is 5.02 Å². The van der Waals surface area contributed by atoms with Crippen molar-refractivity contribution in [2.24, 2.45) is 0 Å². The molecule has 1 aliphatic heterocycles. The Balaban J connectivity index is 1.83. The zero-order chi connectivity index (χ0) is 13.9. The van der Waals surface area contributed by atoms with Crippen LogP contribution in [-0.4, -0.2) is 30.0 Å². The minimum Gasteiger partial charge on any atom is -0.492 e. The minimum atomic E-state index is 0.227. The van der Waals surface area contributed by atoms with Crippen LogP contribution < -0.4 is 4.74 Å². The highest BCUT2D eigenvalue weighted by Gasteiger charge is 2.23. The van der Waals surface area contributed by atoms with E-state index in [9.17, 15) is 0 Å². The van der Waals surface area contributed by atoms with Crippen LogP contribution in [0.5, 0.6) is 5.75 Å². The van der Waals surface area contributed by atoms with E-state index < -0.39 is 0 Å². The van der Waals surface area contributed by atoms with Gasteiger partial charge in [0.15, 0.2) is 5.82 Å². The summed E-state index contributed by atoms with van der Waals surface area (Å²) < 4.78 is 16.0. The molecule has 0 amide bonds. The van der Waals surface area contributed by atoms with Gasteiger partial charge < -0.3 is 14.0 Å². The smallest absolute Gasteiger partial charge is 0.257 e. The summed E-state index contributed by atoms with van der Waals surface area (Å²) in [6.45, 7) is 3.90. The van der Waals surface area contributed by atoms with Crippen LogP contribution in [0.25, 0.3) is 11.5 Å². The number of ether oxygens (including phenoxy) is 2. The molecular weight excluding hydrogens is 280 g/mol. The highest BCUT2D eigenvalue weighted by atomic mass is 35.5. The second-order valence-corrected chi connectivity index (χ2v) is 5.00. The minimum absolute atomic E-state index is 0.227. The molecule has 0 spiro atoms. The third kappa shape index (κ3) is 2.64. The van der Waals surface area contributed by atoms with Crippen LogP contribution in [0, 0.1) is 0 Å². The van der Waals surface area contributed by atoms with Crippen molar-refractivity contribution in [3.8, 4) is 17.2 Å². The molecule has 0 saturated carbocycles. The summed E-state index contributed by atoms with van der Waals surface area (Å²) in [6, 6.07) is 5.44. The normalized spacial score (nSPS) is 18.4. The molecule has 5 nitrogen and oxygen atoms in total. The van der Waals surface area contributed by atoms with Gasteiger partial charge in [0.1, 0.15) is 5.75 Å². The number of rotatable bonds is 4. The maximum Gasteiger partial charge on any atom is 0.257 e. The highest BCUT2D eigenvalue weighted by molar-refractivity contribution is 6.32. The third-order valence-electron chi connectivity index (χ3n) is 3.22. The van der Waals surface area contributed by atoms with Crippen LogP contribution in [0.1, 0.15) is 25.1 Å². The van der Waals surface area contributed by atoms with Crippen LogP contribution >= 0.6 is 11.6 Å². The monoisotopic (exact) mass is 294 g/mol. The lowest BCUT2D eigenvalue weighted by molar-refractivity contribution is 0.192. The SMILES string of the molecule is CCOc1ccc(-c2nc([C@H]3CCOC3)no2)cc1Cl. The molecule has 106 valence electrons. The zero-order valence-corrected chi connectivity index (χ0v) is 11.9. The summed E-state index contributed by atoms with van der Waals surface area (Å²) >= 11 is 6.16. The Morgan fingerprint density at radius 3 is 3.05 bits per heavy atom. The van der Waals surface area contributed by atoms with Crippen molar-refractivity contribution in [1.82, 2.24) is 10.1 Å². The summed E-state index contributed by atoms with van der Waals surface area (Å²) in [4.78, 5) is 4.42. The molecule has 2 aromatic rings. The Morgan fingerprint density at radius 2 is 2.35 bits per heavy atom. The van der Waals surface area contributed by atoms with E-state index in [1.165, 1.54) is 0 Å². The first kappa shape index (κ1) is 13.4. The molecule has 0 aliphatic carbocycles. The van der Waals surface area contributed by atoms with Gasteiger partial charge in [-0.05, 0) is 31.5 Å². The van der Waals surface area contributed by atoms with Gasteiger partial charge in [-0.15, -0.1) is 0 Å². The fraction of sp³-hybridized carbons (Fsp3) is 0.429. The van der Waals surface area contributed by atoms with Crippen molar-refractivity contribution in [3.63, 3.8) is 0 Å². The van der Waals surface area contributed by atoms with Crippen molar-refractivity contribution in [2.45, 2.75) is 19.3 Å². The molecule has 1 aromatic carbocycles. The number of halogens is 1. The van der Waals surface area contributed by atoms with Gasteiger partial charge in [0, 0.05) is 18.1 Å². The Hall–Kier alpha value is -1.59. The molecule has 3 rings (SSSR count). The zero-order valence-electron chi connectivity index (χ0n) is 11.1. The van der Waals surface area contributed by atoms with Crippen molar-refractivity contribution >= 4 is 11.6 Å². The summed E-state index contributed by atoms with van der Waals surface area (Å²) in [7, 11) is 0. The number of aromatic nitrogens is 2.